The highest BCUT2D eigenvalue weighted by atomic mass is 16.4. The summed E-state index contributed by atoms with van der Waals surface area (Å²) in [5.41, 5.74) is 26.8. The van der Waals surface area contributed by atoms with Gasteiger partial charge in [-0.05, 0) is 57.9 Å². The second-order valence-electron chi connectivity index (χ2n) is 13.9. The normalized spacial score (nSPS) is 17.1. The van der Waals surface area contributed by atoms with Gasteiger partial charge in [-0.1, -0.05) is 13.8 Å². The maximum atomic E-state index is 13.7. The number of carboxylic acid groups (broad SMARTS) is 1. The number of rotatable bonds is 26. The van der Waals surface area contributed by atoms with Crippen molar-refractivity contribution in [2.24, 2.45) is 44.6 Å². The van der Waals surface area contributed by atoms with Crippen molar-refractivity contribution in [2.75, 3.05) is 26.2 Å². The van der Waals surface area contributed by atoms with Crippen molar-refractivity contribution in [3.63, 3.8) is 0 Å². The fourth-order valence-corrected chi connectivity index (χ4v) is 5.57. The standard InChI is InChI=1S/C33H60N14O11/c1-15(2)23(46-25(51)17-7-4-10-39-17)30(56)43-18(8-5-11-40-32(35)36)26(52)44-20(13-22(34)50)28(54)45-21(14-48)29(55)42-19(9-6-12-41-33(37)38)27(53)47-24(16(3)49)31(57)58/h15-21,23-24,39,48-49H,4-14H2,1-3H3,(H2,34,50)(H,42,55)(H,43,56)(H,44,52)(H,45,54)(H,46,51)(H,47,53)(H,57,58)(H4,35,36,40)(H4,37,38,41)/t16-,17+,18+,19+,20+,21+,23+,24+/m1/s1. The summed E-state index contributed by atoms with van der Waals surface area (Å²) >= 11 is 0. The van der Waals surface area contributed by atoms with Gasteiger partial charge in [-0.25, -0.2) is 4.79 Å². The van der Waals surface area contributed by atoms with Crippen LogP contribution in [0.5, 0.6) is 0 Å². The quantitative estimate of drug-likeness (QED) is 0.0219. The molecule has 0 aromatic carbocycles. The van der Waals surface area contributed by atoms with E-state index >= 15 is 0 Å². The van der Waals surface area contributed by atoms with Gasteiger partial charge < -0.3 is 81.2 Å². The summed E-state index contributed by atoms with van der Waals surface area (Å²) in [6, 6.07) is -9.77. The van der Waals surface area contributed by atoms with Crippen LogP contribution in [0.4, 0.5) is 0 Å². The predicted octanol–water partition coefficient (Wildman–Crippen LogP) is -7.26. The number of aliphatic hydroxyl groups excluding tert-OH is 2. The first-order valence-electron chi connectivity index (χ1n) is 18.6. The van der Waals surface area contributed by atoms with E-state index in [0.717, 1.165) is 13.3 Å². The Morgan fingerprint density at radius 2 is 1.14 bits per heavy atom. The van der Waals surface area contributed by atoms with Gasteiger partial charge in [-0.2, -0.15) is 0 Å². The van der Waals surface area contributed by atoms with Crippen LogP contribution >= 0.6 is 0 Å². The average molecular weight is 829 g/mol. The largest absolute Gasteiger partial charge is 0.480 e. The predicted molar refractivity (Wildman–Crippen MR) is 207 cm³/mol. The van der Waals surface area contributed by atoms with E-state index in [0.29, 0.717) is 13.0 Å². The summed E-state index contributed by atoms with van der Waals surface area (Å²) in [5, 5.41) is 46.5. The molecule has 7 amide bonds. The molecule has 0 unspecified atom stereocenters. The van der Waals surface area contributed by atoms with Crippen LogP contribution in [0.1, 0.15) is 65.7 Å². The monoisotopic (exact) mass is 828 g/mol. The molecule has 1 aliphatic heterocycles. The molecule has 0 saturated carbocycles. The Kier molecular flexibility index (Phi) is 22.0. The maximum absolute atomic E-state index is 13.7. The first kappa shape index (κ1) is 50.2. The molecule has 25 heteroatoms. The fraction of sp³-hybridized carbons (Fsp3) is 0.697. The molecule has 0 aromatic heterocycles. The lowest BCUT2D eigenvalue weighted by molar-refractivity contribution is -0.145. The van der Waals surface area contributed by atoms with E-state index in [2.05, 4.69) is 47.2 Å². The van der Waals surface area contributed by atoms with Crippen LogP contribution in [-0.4, -0.2) is 149 Å². The first-order chi connectivity index (χ1) is 27.2. The second kappa shape index (κ2) is 25.4. The molecule has 8 atom stereocenters. The minimum Gasteiger partial charge on any atom is -0.480 e. The van der Waals surface area contributed by atoms with Crippen LogP contribution in [0, 0.1) is 5.92 Å². The number of hydrogen-bond acceptors (Lipinski definition) is 13. The number of nitrogens with one attached hydrogen (secondary N) is 7. The molecule has 0 aromatic rings. The van der Waals surface area contributed by atoms with Crippen LogP contribution in [0.15, 0.2) is 9.98 Å². The zero-order chi connectivity index (χ0) is 44.1. The Labute approximate surface area is 334 Å². The van der Waals surface area contributed by atoms with Crippen LogP contribution in [-0.2, 0) is 38.4 Å². The lowest BCUT2D eigenvalue weighted by Gasteiger charge is -2.28. The minimum atomic E-state index is -1.81. The fourth-order valence-electron chi connectivity index (χ4n) is 5.57. The third-order valence-corrected chi connectivity index (χ3v) is 8.68. The molecule has 1 saturated heterocycles. The third kappa shape index (κ3) is 18.4. The van der Waals surface area contributed by atoms with Crippen LogP contribution in [0.3, 0.4) is 0 Å². The van der Waals surface area contributed by atoms with Gasteiger partial charge in [0.25, 0.3) is 0 Å². The van der Waals surface area contributed by atoms with Crippen molar-refractivity contribution in [2.45, 2.75) is 114 Å². The molecule has 1 aliphatic rings. The SMILES string of the molecule is CC(C)[C@H](NC(=O)[C@@H]1CCCN1)C(=O)N[C@@H](CCCN=C(N)N)C(=O)N[C@@H](CC(N)=O)C(=O)N[C@@H](CO)C(=O)N[C@@H](CCCN=C(N)N)C(=O)N[C@H](C(=O)O)[C@@H](C)O. The molecule has 0 radical (unpaired) electrons. The third-order valence-electron chi connectivity index (χ3n) is 8.68. The molecule has 1 rings (SSSR count). The van der Waals surface area contributed by atoms with Gasteiger partial charge in [0.1, 0.15) is 30.2 Å². The number of aliphatic imine (C=N–C) groups is 2. The van der Waals surface area contributed by atoms with Crippen LogP contribution < -0.4 is 65.9 Å². The van der Waals surface area contributed by atoms with E-state index in [1.54, 1.807) is 13.8 Å². The number of amides is 7. The number of guanidine groups is 2. The van der Waals surface area contributed by atoms with Gasteiger partial charge in [0.2, 0.25) is 41.4 Å². The Morgan fingerprint density at radius 3 is 1.57 bits per heavy atom. The molecule has 58 heavy (non-hydrogen) atoms. The van der Waals surface area contributed by atoms with Crippen molar-refractivity contribution >= 4 is 59.2 Å². The molecule has 20 N–H and O–H groups in total. The van der Waals surface area contributed by atoms with Crippen molar-refractivity contribution in [3.8, 4) is 0 Å². The maximum Gasteiger partial charge on any atom is 0.328 e. The smallest absolute Gasteiger partial charge is 0.328 e. The molecule has 0 spiro atoms. The van der Waals surface area contributed by atoms with Gasteiger partial charge in [-0.15, -0.1) is 0 Å². The molecule has 25 nitrogen and oxygen atoms in total. The summed E-state index contributed by atoms with van der Waals surface area (Å²) in [7, 11) is 0. The summed E-state index contributed by atoms with van der Waals surface area (Å²) in [5.74, 6) is -9.02. The van der Waals surface area contributed by atoms with E-state index in [1.165, 1.54) is 0 Å². The number of carboxylic acids is 1. The van der Waals surface area contributed by atoms with Gasteiger partial charge >= 0.3 is 5.97 Å². The number of primary amides is 1. The van der Waals surface area contributed by atoms with Gasteiger partial charge in [0, 0.05) is 13.1 Å². The lowest BCUT2D eigenvalue weighted by atomic mass is 10.0. The van der Waals surface area contributed by atoms with Gasteiger partial charge in [-0.3, -0.25) is 43.5 Å². The molecular weight excluding hydrogens is 768 g/mol. The minimum absolute atomic E-state index is 0.00412. The number of aliphatic hydroxyl groups is 2. The van der Waals surface area contributed by atoms with Gasteiger partial charge in [0.05, 0.1) is 25.2 Å². The zero-order valence-electron chi connectivity index (χ0n) is 32.9. The molecule has 1 fully saturated rings. The van der Waals surface area contributed by atoms with E-state index in [-0.39, 0.29) is 50.7 Å². The van der Waals surface area contributed by atoms with Crippen molar-refractivity contribution in [3.05, 3.63) is 0 Å². The zero-order valence-corrected chi connectivity index (χ0v) is 32.9. The highest BCUT2D eigenvalue weighted by Gasteiger charge is 2.35. The van der Waals surface area contributed by atoms with E-state index in [9.17, 15) is 53.7 Å². The summed E-state index contributed by atoms with van der Waals surface area (Å²) in [6.07, 6.45) is -1.04. The van der Waals surface area contributed by atoms with Crippen molar-refractivity contribution in [1.29, 1.82) is 0 Å². The van der Waals surface area contributed by atoms with Gasteiger partial charge in [0.15, 0.2) is 18.0 Å². The number of carbonyl (C=O) groups excluding carboxylic acids is 7. The number of nitrogens with zero attached hydrogens (tertiary/aromatic N) is 2. The molecule has 1 heterocycles. The molecule has 0 aliphatic carbocycles. The van der Waals surface area contributed by atoms with Crippen LogP contribution in [0.2, 0.25) is 0 Å². The van der Waals surface area contributed by atoms with Crippen molar-refractivity contribution in [1.82, 2.24) is 37.2 Å². The Hall–Kier alpha value is -5.82. The molecular formula is C33H60N14O11. The highest BCUT2D eigenvalue weighted by molar-refractivity contribution is 5.98. The van der Waals surface area contributed by atoms with Crippen molar-refractivity contribution < 1.29 is 53.7 Å². The van der Waals surface area contributed by atoms with Crippen LogP contribution in [0.25, 0.3) is 0 Å². The lowest BCUT2D eigenvalue weighted by Crippen LogP contribution is -2.61. The number of hydrogen-bond donors (Lipinski definition) is 15. The Balaban J connectivity index is 3.27. The number of carbonyl (C=O) groups is 8. The second-order valence-corrected chi connectivity index (χ2v) is 13.9. The highest BCUT2D eigenvalue weighted by Crippen LogP contribution is 2.10. The topological polar surface area (TPSA) is 436 Å². The van der Waals surface area contributed by atoms with E-state index in [1.807, 2.05) is 0 Å². The summed E-state index contributed by atoms with van der Waals surface area (Å²) in [6.45, 7) is 4.10. The first-order valence-corrected chi connectivity index (χ1v) is 18.6. The number of aliphatic carboxylic acids is 1. The van der Waals surface area contributed by atoms with E-state index in [4.69, 9.17) is 28.7 Å². The Morgan fingerprint density at radius 1 is 0.672 bits per heavy atom. The van der Waals surface area contributed by atoms with E-state index < -0.39 is 115 Å². The average Bonchev–Trinajstić information content (AvgIpc) is 3.68. The molecule has 0 bridgehead atoms. The number of nitrogens with two attached hydrogens (primary N) is 5. The Bertz CT molecular complexity index is 1500. The summed E-state index contributed by atoms with van der Waals surface area (Å²) < 4.78 is 0. The summed E-state index contributed by atoms with van der Waals surface area (Å²) in [4.78, 5) is 111. The molecule has 328 valence electrons.